The van der Waals surface area contributed by atoms with Gasteiger partial charge in [-0.2, -0.15) is 0 Å². The summed E-state index contributed by atoms with van der Waals surface area (Å²) in [6, 6.07) is 2.10. The van der Waals surface area contributed by atoms with Crippen molar-refractivity contribution in [3.8, 4) is 0 Å². The second kappa shape index (κ2) is 6.35. The lowest BCUT2D eigenvalue weighted by Crippen LogP contribution is -2.29. The molecule has 1 aromatic rings. The molecule has 0 bridgehead atoms. The zero-order chi connectivity index (χ0) is 12.8. The number of carbonyl (C=O) groups is 1. The Morgan fingerprint density at radius 3 is 2.82 bits per heavy atom. The molecule has 0 aliphatic heterocycles. The fraction of sp³-hybridized carbons (Fsp3) is 0.538. The Balaban J connectivity index is 2.49. The van der Waals surface area contributed by atoms with E-state index in [-0.39, 0.29) is 11.9 Å². The Bertz CT molecular complexity index is 379. The highest BCUT2D eigenvalue weighted by molar-refractivity contribution is 5.72. The van der Waals surface area contributed by atoms with Crippen molar-refractivity contribution in [3.63, 3.8) is 0 Å². The maximum atomic E-state index is 11.3. The topological polar surface area (TPSA) is 42.4 Å². The Morgan fingerprint density at radius 1 is 1.53 bits per heavy atom. The predicted molar refractivity (Wildman–Crippen MR) is 66.5 cm³/mol. The van der Waals surface area contributed by atoms with Crippen molar-refractivity contribution in [1.82, 2.24) is 9.88 Å². The molecule has 0 saturated carbocycles. The van der Waals surface area contributed by atoms with Gasteiger partial charge in [0.05, 0.1) is 13.0 Å². The van der Waals surface area contributed by atoms with E-state index in [0.717, 1.165) is 17.7 Å². The number of hydrogen-bond donors (Lipinski definition) is 0. The van der Waals surface area contributed by atoms with Gasteiger partial charge in [0.2, 0.25) is 0 Å². The van der Waals surface area contributed by atoms with E-state index < -0.39 is 0 Å². The summed E-state index contributed by atoms with van der Waals surface area (Å²) in [6.45, 7) is 5.36. The molecule has 4 heteroatoms. The van der Waals surface area contributed by atoms with Crippen LogP contribution in [0.25, 0.3) is 0 Å². The molecule has 4 nitrogen and oxygen atoms in total. The highest BCUT2D eigenvalue weighted by Crippen LogP contribution is 2.07. The Kier molecular flexibility index (Phi) is 5.10. The largest absolute Gasteiger partial charge is 0.469 e. The van der Waals surface area contributed by atoms with Crippen molar-refractivity contribution >= 4 is 5.97 Å². The number of carbonyl (C=O) groups excluding carboxylic acids is 1. The van der Waals surface area contributed by atoms with Crippen molar-refractivity contribution in [2.24, 2.45) is 5.92 Å². The molecule has 17 heavy (non-hydrogen) atoms. The summed E-state index contributed by atoms with van der Waals surface area (Å²) < 4.78 is 4.70. The van der Waals surface area contributed by atoms with Gasteiger partial charge < -0.3 is 9.64 Å². The second-order valence-electron chi connectivity index (χ2n) is 4.49. The molecule has 0 saturated heterocycles. The first-order valence-electron chi connectivity index (χ1n) is 5.70. The fourth-order valence-corrected chi connectivity index (χ4v) is 1.82. The summed E-state index contributed by atoms with van der Waals surface area (Å²) in [6.07, 6.45) is 3.69. The minimum absolute atomic E-state index is 0.109. The summed E-state index contributed by atoms with van der Waals surface area (Å²) in [5.74, 6) is -0.276. The van der Waals surface area contributed by atoms with E-state index in [9.17, 15) is 4.79 Å². The number of rotatable bonds is 5. The molecule has 0 aliphatic carbocycles. The van der Waals surface area contributed by atoms with Crippen LogP contribution in [0.3, 0.4) is 0 Å². The van der Waals surface area contributed by atoms with Gasteiger partial charge in [-0.1, -0.05) is 13.0 Å². The van der Waals surface area contributed by atoms with Crippen LogP contribution in [-0.4, -0.2) is 36.6 Å². The van der Waals surface area contributed by atoms with Crippen LogP contribution in [0.2, 0.25) is 0 Å². The van der Waals surface area contributed by atoms with E-state index >= 15 is 0 Å². The smallest absolute Gasteiger partial charge is 0.309 e. The highest BCUT2D eigenvalue weighted by Gasteiger charge is 2.15. The van der Waals surface area contributed by atoms with Crippen LogP contribution in [0.5, 0.6) is 0 Å². The van der Waals surface area contributed by atoms with Gasteiger partial charge >= 0.3 is 5.97 Å². The Labute approximate surface area is 103 Å². The molecule has 1 atom stereocenters. The van der Waals surface area contributed by atoms with Crippen molar-refractivity contribution in [2.45, 2.75) is 20.4 Å². The van der Waals surface area contributed by atoms with Crippen LogP contribution in [0.4, 0.5) is 0 Å². The minimum Gasteiger partial charge on any atom is -0.469 e. The van der Waals surface area contributed by atoms with Gasteiger partial charge in [-0.15, -0.1) is 0 Å². The molecule has 0 aromatic carbocycles. The van der Waals surface area contributed by atoms with E-state index in [4.69, 9.17) is 4.74 Å². The van der Waals surface area contributed by atoms with Crippen LogP contribution >= 0.6 is 0 Å². The molecule has 94 valence electrons. The minimum atomic E-state index is -0.167. The van der Waals surface area contributed by atoms with E-state index in [0.29, 0.717) is 6.54 Å². The summed E-state index contributed by atoms with van der Waals surface area (Å²) in [5.41, 5.74) is 2.31. The first-order chi connectivity index (χ1) is 8.02. The Hall–Kier alpha value is -1.42. The third-order valence-corrected chi connectivity index (χ3v) is 2.57. The van der Waals surface area contributed by atoms with E-state index in [1.165, 1.54) is 7.11 Å². The van der Waals surface area contributed by atoms with Crippen molar-refractivity contribution in [1.29, 1.82) is 0 Å². The quantitative estimate of drug-likeness (QED) is 0.729. The summed E-state index contributed by atoms with van der Waals surface area (Å²) in [5, 5.41) is 0. The monoisotopic (exact) mass is 236 g/mol. The molecule has 1 rings (SSSR count). The van der Waals surface area contributed by atoms with Crippen molar-refractivity contribution < 1.29 is 9.53 Å². The first-order valence-corrected chi connectivity index (χ1v) is 5.70. The number of nitrogens with zero attached hydrogens (tertiary/aromatic N) is 2. The summed E-state index contributed by atoms with van der Waals surface area (Å²) in [4.78, 5) is 17.5. The van der Waals surface area contributed by atoms with Crippen molar-refractivity contribution in [3.05, 3.63) is 29.6 Å². The third kappa shape index (κ3) is 4.53. The summed E-state index contributed by atoms with van der Waals surface area (Å²) in [7, 11) is 3.41. The molecule has 1 aromatic heterocycles. The molecular formula is C13H20N2O2. The zero-order valence-corrected chi connectivity index (χ0v) is 10.9. The number of ether oxygens (including phenoxy) is 1. The number of esters is 1. The number of aromatic nitrogens is 1. The van der Waals surface area contributed by atoms with Crippen LogP contribution in [0.15, 0.2) is 18.5 Å². The van der Waals surface area contributed by atoms with Gasteiger partial charge in [0.25, 0.3) is 0 Å². The lowest BCUT2D eigenvalue weighted by Gasteiger charge is -2.19. The number of pyridine rings is 1. The van der Waals surface area contributed by atoms with Gasteiger partial charge in [0.1, 0.15) is 0 Å². The average molecular weight is 236 g/mol. The normalized spacial score (nSPS) is 12.5. The lowest BCUT2D eigenvalue weighted by molar-refractivity contribution is -0.145. The standard InChI is InChI=1S/C13H20N2O2/c1-10-5-12(7-14-6-10)9-15(3)8-11(2)13(16)17-4/h5-7,11H,8-9H2,1-4H3. The van der Waals surface area contributed by atoms with Gasteiger partial charge in [-0.3, -0.25) is 9.78 Å². The molecule has 0 radical (unpaired) electrons. The van der Waals surface area contributed by atoms with Crippen LogP contribution in [-0.2, 0) is 16.1 Å². The van der Waals surface area contributed by atoms with Crippen LogP contribution in [0, 0.1) is 12.8 Å². The zero-order valence-electron chi connectivity index (χ0n) is 10.9. The van der Waals surface area contributed by atoms with Gasteiger partial charge in [0.15, 0.2) is 0 Å². The molecule has 0 fully saturated rings. The van der Waals surface area contributed by atoms with Gasteiger partial charge in [0, 0.05) is 25.5 Å². The molecule has 0 N–H and O–H groups in total. The maximum Gasteiger partial charge on any atom is 0.309 e. The maximum absolute atomic E-state index is 11.3. The fourth-order valence-electron chi connectivity index (χ4n) is 1.82. The average Bonchev–Trinajstić information content (AvgIpc) is 2.27. The number of methoxy groups -OCH3 is 1. The van der Waals surface area contributed by atoms with Crippen LogP contribution < -0.4 is 0 Å². The Morgan fingerprint density at radius 2 is 2.24 bits per heavy atom. The molecule has 0 aliphatic rings. The van der Waals surface area contributed by atoms with Gasteiger partial charge in [-0.05, 0) is 25.1 Å². The second-order valence-corrected chi connectivity index (χ2v) is 4.49. The van der Waals surface area contributed by atoms with Crippen molar-refractivity contribution in [2.75, 3.05) is 20.7 Å². The first kappa shape index (κ1) is 13.6. The molecule has 0 spiro atoms. The van der Waals surface area contributed by atoms with E-state index in [1.54, 1.807) is 0 Å². The number of aryl methyl sites for hydroxylation is 1. The molecular weight excluding hydrogens is 216 g/mol. The lowest BCUT2D eigenvalue weighted by atomic mass is 10.1. The summed E-state index contributed by atoms with van der Waals surface area (Å²) >= 11 is 0. The molecule has 1 heterocycles. The third-order valence-electron chi connectivity index (χ3n) is 2.57. The predicted octanol–water partition coefficient (Wildman–Crippen LogP) is 1.63. The number of hydrogen-bond acceptors (Lipinski definition) is 4. The van der Waals surface area contributed by atoms with E-state index in [2.05, 4.69) is 16.0 Å². The molecule has 0 amide bonds. The molecule has 1 unspecified atom stereocenters. The van der Waals surface area contributed by atoms with Gasteiger partial charge in [-0.25, -0.2) is 0 Å². The van der Waals surface area contributed by atoms with Crippen LogP contribution in [0.1, 0.15) is 18.1 Å². The highest BCUT2D eigenvalue weighted by atomic mass is 16.5. The van der Waals surface area contributed by atoms with E-state index in [1.807, 2.05) is 33.3 Å². The SMILES string of the molecule is COC(=O)C(C)CN(C)Cc1cncc(C)c1.